The molecule has 3 heterocycles. The Kier molecular flexibility index (Phi) is 5.60. The van der Waals surface area contributed by atoms with Gasteiger partial charge < -0.3 is 14.4 Å². The second-order valence-electron chi connectivity index (χ2n) is 9.11. The maximum absolute atomic E-state index is 13.7. The molecule has 1 aliphatic carbocycles. The Morgan fingerprint density at radius 3 is 2.86 bits per heavy atom. The third-order valence-corrected chi connectivity index (χ3v) is 6.58. The van der Waals surface area contributed by atoms with Crippen LogP contribution in [0.2, 0.25) is 0 Å². The zero-order valence-corrected chi connectivity index (χ0v) is 19.9. The molecular weight excluding hydrogens is 473 g/mol. The van der Waals surface area contributed by atoms with Crippen LogP contribution < -0.4 is 10.7 Å². The molecule has 0 saturated heterocycles. The number of halogens is 1. The van der Waals surface area contributed by atoms with Gasteiger partial charge in [-0.3, -0.25) is 9.59 Å². The fourth-order valence-electron chi connectivity index (χ4n) is 4.81. The van der Waals surface area contributed by atoms with E-state index in [1.165, 1.54) is 23.9 Å². The standard InChI is InChI=1S/C28H22FN5O3/c1-16-9-11-21-25(36)22(28-32-26(33-37-28)18-6-4-7-19(29)13-18)14-34(27(21)30-16)15-24(35)31-23-12-10-17-5-2-3-8-20(17)23/h2-9,11,13-14,23H,10,12,15H2,1H3,(H,31,35)/t23-/m1/s1. The molecule has 0 radical (unpaired) electrons. The number of rotatable bonds is 5. The molecule has 0 bridgehead atoms. The maximum atomic E-state index is 13.7. The van der Waals surface area contributed by atoms with Gasteiger partial charge in [0.05, 0.1) is 11.4 Å². The van der Waals surface area contributed by atoms with Crippen molar-refractivity contribution in [3.05, 3.63) is 99.7 Å². The number of fused-ring (bicyclic) bond motifs is 2. The van der Waals surface area contributed by atoms with Crippen LogP contribution in [0.1, 0.15) is 29.3 Å². The van der Waals surface area contributed by atoms with E-state index in [4.69, 9.17) is 4.52 Å². The number of aryl methyl sites for hydroxylation is 2. The molecule has 1 atom stereocenters. The lowest BCUT2D eigenvalue weighted by Crippen LogP contribution is -2.31. The van der Waals surface area contributed by atoms with Crippen molar-refractivity contribution in [2.24, 2.45) is 0 Å². The van der Waals surface area contributed by atoms with E-state index in [0.29, 0.717) is 22.3 Å². The van der Waals surface area contributed by atoms with E-state index >= 15 is 0 Å². The molecule has 0 aliphatic heterocycles. The van der Waals surface area contributed by atoms with E-state index in [9.17, 15) is 14.0 Å². The van der Waals surface area contributed by atoms with Gasteiger partial charge in [-0.1, -0.05) is 41.6 Å². The van der Waals surface area contributed by atoms with Crippen LogP contribution in [-0.2, 0) is 17.8 Å². The number of hydrogen-bond acceptors (Lipinski definition) is 6. The highest BCUT2D eigenvalue weighted by molar-refractivity contribution is 5.83. The molecule has 5 aromatic rings. The molecule has 2 aromatic carbocycles. The summed E-state index contributed by atoms with van der Waals surface area (Å²) >= 11 is 0. The molecule has 6 rings (SSSR count). The van der Waals surface area contributed by atoms with Crippen molar-refractivity contribution in [2.75, 3.05) is 0 Å². The lowest BCUT2D eigenvalue weighted by Gasteiger charge is -2.16. The Labute approximate surface area is 210 Å². The molecule has 184 valence electrons. The predicted octanol–water partition coefficient (Wildman–Crippen LogP) is 4.36. The Morgan fingerprint density at radius 1 is 1.14 bits per heavy atom. The summed E-state index contributed by atoms with van der Waals surface area (Å²) in [6.45, 7) is 1.77. The van der Waals surface area contributed by atoms with E-state index < -0.39 is 5.82 Å². The van der Waals surface area contributed by atoms with E-state index in [2.05, 4.69) is 26.5 Å². The molecule has 1 N–H and O–H groups in total. The van der Waals surface area contributed by atoms with Crippen molar-refractivity contribution in [1.29, 1.82) is 0 Å². The summed E-state index contributed by atoms with van der Waals surface area (Å²) in [6, 6.07) is 17.2. The molecule has 0 fully saturated rings. The van der Waals surface area contributed by atoms with Crippen molar-refractivity contribution < 1.29 is 13.7 Å². The van der Waals surface area contributed by atoms with Gasteiger partial charge in [-0.2, -0.15) is 4.98 Å². The van der Waals surface area contributed by atoms with Crippen molar-refractivity contribution in [3.8, 4) is 22.8 Å². The Bertz CT molecular complexity index is 1730. The Balaban J connectivity index is 1.36. The molecule has 9 heteroatoms. The first kappa shape index (κ1) is 22.8. The van der Waals surface area contributed by atoms with Crippen LogP contribution >= 0.6 is 0 Å². The van der Waals surface area contributed by atoms with Crippen LogP contribution in [0.25, 0.3) is 33.9 Å². The van der Waals surface area contributed by atoms with Crippen LogP contribution in [0.5, 0.6) is 0 Å². The van der Waals surface area contributed by atoms with Crippen molar-refractivity contribution in [3.63, 3.8) is 0 Å². The molecular formula is C28H22FN5O3. The normalized spacial score (nSPS) is 14.6. The second kappa shape index (κ2) is 9.09. The number of pyridine rings is 2. The Morgan fingerprint density at radius 2 is 2.00 bits per heavy atom. The molecule has 37 heavy (non-hydrogen) atoms. The van der Waals surface area contributed by atoms with Crippen LogP contribution in [0.3, 0.4) is 0 Å². The van der Waals surface area contributed by atoms with Crippen LogP contribution in [0, 0.1) is 12.7 Å². The largest absolute Gasteiger partial charge is 0.348 e. The third-order valence-electron chi connectivity index (χ3n) is 6.58. The lowest BCUT2D eigenvalue weighted by atomic mass is 10.1. The highest BCUT2D eigenvalue weighted by Gasteiger charge is 2.24. The van der Waals surface area contributed by atoms with Gasteiger partial charge in [-0.05, 0) is 55.2 Å². The quantitative estimate of drug-likeness (QED) is 0.389. The fraction of sp³-hybridized carbons (Fsp3) is 0.179. The summed E-state index contributed by atoms with van der Waals surface area (Å²) in [5, 5.41) is 7.37. The van der Waals surface area contributed by atoms with E-state index in [1.807, 2.05) is 25.1 Å². The monoisotopic (exact) mass is 495 g/mol. The van der Waals surface area contributed by atoms with Gasteiger partial charge in [0.2, 0.25) is 17.2 Å². The van der Waals surface area contributed by atoms with Gasteiger partial charge in [0.1, 0.15) is 23.6 Å². The summed E-state index contributed by atoms with van der Waals surface area (Å²) in [5.74, 6) is -0.507. The lowest BCUT2D eigenvalue weighted by molar-refractivity contribution is -0.122. The molecule has 3 aromatic heterocycles. The second-order valence-corrected chi connectivity index (χ2v) is 9.11. The van der Waals surface area contributed by atoms with E-state index in [1.54, 1.807) is 28.8 Å². The average molecular weight is 496 g/mol. The van der Waals surface area contributed by atoms with Crippen LogP contribution in [-0.4, -0.2) is 25.6 Å². The molecule has 1 aliphatic rings. The van der Waals surface area contributed by atoms with Crippen molar-refractivity contribution >= 4 is 16.9 Å². The summed E-state index contributed by atoms with van der Waals surface area (Å²) in [7, 11) is 0. The zero-order chi connectivity index (χ0) is 25.5. The van der Waals surface area contributed by atoms with Gasteiger partial charge in [0, 0.05) is 17.5 Å². The maximum Gasteiger partial charge on any atom is 0.263 e. The molecule has 0 saturated carbocycles. The van der Waals surface area contributed by atoms with E-state index in [-0.39, 0.29) is 41.2 Å². The molecule has 0 spiro atoms. The minimum absolute atomic E-state index is 0.0226. The van der Waals surface area contributed by atoms with Gasteiger partial charge >= 0.3 is 0 Å². The third kappa shape index (κ3) is 4.29. The topological polar surface area (TPSA) is 103 Å². The van der Waals surface area contributed by atoms with Crippen molar-refractivity contribution in [1.82, 2.24) is 25.0 Å². The zero-order valence-electron chi connectivity index (χ0n) is 19.9. The number of amides is 1. The first-order valence-electron chi connectivity index (χ1n) is 11.9. The molecule has 8 nitrogen and oxygen atoms in total. The van der Waals surface area contributed by atoms with Gasteiger partial charge in [-0.15, -0.1) is 0 Å². The number of benzene rings is 2. The number of aromatic nitrogens is 4. The first-order chi connectivity index (χ1) is 18.0. The predicted molar refractivity (Wildman–Crippen MR) is 135 cm³/mol. The first-order valence-corrected chi connectivity index (χ1v) is 11.9. The summed E-state index contributed by atoms with van der Waals surface area (Å²) in [6.07, 6.45) is 3.27. The van der Waals surface area contributed by atoms with Gasteiger partial charge in [0.25, 0.3) is 5.89 Å². The summed E-state index contributed by atoms with van der Waals surface area (Å²) in [4.78, 5) is 35.3. The number of nitrogens with zero attached hydrogens (tertiary/aromatic N) is 4. The Hall–Kier alpha value is -4.66. The SMILES string of the molecule is Cc1ccc2c(=O)c(-c3nc(-c4cccc(F)c4)no3)cn(CC(=O)N[C@@H]3CCc4ccccc43)c2n1. The highest BCUT2D eigenvalue weighted by atomic mass is 19.1. The minimum Gasteiger partial charge on any atom is -0.348 e. The number of carbonyl (C=O) groups excluding carboxylic acids is 1. The van der Waals surface area contributed by atoms with Gasteiger partial charge in [0.15, 0.2) is 0 Å². The van der Waals surface area contributed by atoms with Crippen molar-refractivity contribution in [2.45, 2.75) is 32.4 Å². The average Bonchev–Trinajstić information content (AvgIpc) is 3.54. The molecule has 1 amide bonds. The van der Waals surface area contributed by atoms with Crippen LogP contribution in [0.15, 0.2) is 76.2 Å². The summed E-state index contributed by atoms with van der Waals surface area (Å²) < 4.78 is 20.7. The molecule has 0 unspecified atom stereocenters. The summed E-state index contributed by atoms with van der Waals surface area (Å²) in [5.41, 5.74) is 3.68. The smallest absolute Gasteiger partial charge is 0.263 e. The fourth-order valence-corrected chi connectivity index (χ4v) is 4.81. The number of carbonyl (C=O) groups is 1. The minimum atomic E-state index is -0.436. The number of hydrogen-bond donors (Lipinski definition) is 1. The highest BCUT2D eigenvalue weighted by Crippen LogP contribution is 2.30. The number of nitrogens with one attached hydrogen (secondary N) is 1. The van der Waals surface area contributed by atoms with E-state index in [0.717, 1.165) is 18.4 Å². The van der Waals surface area contributed by atoms with Gasteiger partial charge in [-0.25, -0.2) is 9.37 Å². The van der Waals surface area contributed by atoms with Crippen LogP contribution in [0.4, 0.5) is 4.39 Å².